The molecule has 1 aliphatic rings. The third-order valence-corrected chi connectivity index (χ3v) is 4.03. The van der Waals surface area contributed by atoms with Crippen LogP contribution in [0.15, 0.2) is 36.4 Å². The van der Waals surface area contributed by atoms with Crippen LogP contribution < -0.4 is 4.74 Å². The highest BCUT2D eigenvalue weighted by Gasteiger charge is 2.22. The standard InChI is InChI=1S/C18H25NO2/c1-14(2)13-21-17-11-9-15(10-12-17)18(20)19(3)16-7-5-4-6-8-16/h9-12,16H,1,4-8,13H2,2-3H3. The van der Waals surface area contributed by atoms with Gasteiger partial charge >= 0.3 is 0 Å². The molecular weight excluding hydrogens is 262 g/mol. The minimum absolute atomic E-state index is 0.105. The molecule has 1 aromatic rings. The van der Waals surface area contributed by atoms with Crippen LogP contribution in [-0.4, -0.2) is 30.5 Å². The summed E-state index contributed by atoms with van der Waals surface area (Å²) in [7, 11) is 1.92. The van der Waals surface area contributed by atoms with Gasteiger partial charge in [0.05, 0.1) is 0 Å². The van der Waals surface area contributed by atoms with Crippen LogP contribution in [0.5, 0.6) is 5.75 Å². The lowest BCUT2D eigenvalue weighted by Gasteiger charge is -2.31. The highest BCUT2D eigenvalue weighted by Crippen LogP contribution is 2.23. The lowest BCUT2D eigenvalue weighted by Crippen LogP contribution is -2.38. The molecule has 1 aliphatic carbocycles. The Morgan fingerprint density at radius 2 is 1.86 bits per heavy atom. The van der Waals surface area contributed by atoms with Crippen LogP contribution in [0.25, 0.3) is 0 Å². The predicted octanol–water partition coefficient (Wildman–Crippen LogP) is 4.05. The van der Waals surface area contributed by atoms with Crippen molar-refractivity contribution in [2.24, 2.45) is 0 Å². The van der Waals surface area contributed by atoms with Gasteiger partial charge in [0.15, 0.2) is 0 Å². The third-order valence-electron chi connectivity index (χ3n) is 4.03. The van der Waals surface area contributed by atoms with E-state index in [1.165, 1.54) is 19.3 Å². The quantitative estimate of drug-likeness (QED) is 0.765. The first-order chi connectivity index (χ1) is 10.1. The number of hydrogen-bond acceptors (Lipinski definition) is 2. The maximum Gasteiger partial charge on any atom is 0.253 e. The van der Waals surface area contributed by atoms with Gasteiger partial charge in [-0.05, 0) is 49.6 Å². The van der Waals surface area contributed by atoms with Crippen LogP contribution >= 0.6 is 0 Å². The van der Waals surface area contributed by atoms with Gasteiger partial charge in [-0.2, -0.15) is 0 Å². The van der Waals surface area contributed by atoms with Gasteiger partial charge in [-0.3, -0.25) is 4.79 Å². The summed E-state index contributed by atoms with van der Waals surface area (Å²) >= 11 is 0. The summed E-state index contributed by atoms with van der Waals surface area (Å²) in [5, 5.41) is 0. The Morgan fingerprint density at radius 1 is 1.24 bits per heavy atom. The van der Waals surface area contributed by atoms with E-state index in [1.807, 2.05) is 43.1 Å². The van der Waals surface area contributed by atoms with Gasteiger partial charge in [0.1, 0.15) is 12.4 Å². The fourth-order valence-electron chi connectivity index (χ4n) is 2.74. The largest absolute Gasteiger partial charge is 0.489 e. The number of ether oxygens (including phenoxy) is 1. The van der Waals surface area contributed by atoms with E-state index in [9.17, 15) is 4.79 Å². The molecule has 0 spiro atoms. The van der Waals surface area contributed by atoms with Crippen molar-refractivity contribution in [3.63, 3.8) is 0 Å². The lowest BCUT2D eigenvalue weighted by atomic mass is 9.94. The summed E-state index contributed by atoms with van der Waals surface area (Å²) < 4.78 is 5.55. The monoisotopic (exact) mass is 287 g/mol. The molecule has 1 amide bonds. The van der Waals surface area contributed by atoms with E-state index in [1.54, 1.807) is 0 Å². The van der Waals surface area contributed by atoms with Crippen LogP contribution in [0, 0.1) is 0 Å². The number of carbonyl (C=O) groups is 1. The Morgan fingerprint density at radius 3 is 2.43 bits per heavy atom. The zero-order chi connectivity index (χ0) is 15.2. The summed E-state index contributed by atoms with van der Waals surface area (Å²) in [6, 6.07) is 7.78. The van der Waals surface area contributed by atoms with Crippen molar-refractivity contribution < 1.29 is 9.53 Å². The van der Waals surface area contributed by atoms with Gasteiger partial charge < -0.3 is 9.64 Å². The Labute approximate surface area is 127 Å². The van der Waals surface area contributed by atoms with E-state index in [-0.39, 0.29) is 5.91 Å². The molecule has 1 aromatic carbocycles. The summed E-state index contributed by atoms with van der Waals surface area (Å²) in [4.78, 5) is 14.4. The first-order valence-electron chi connectivity index (χ1n) is 7.72. The molecule has 0 radical (unpaired) electrons. The maximum absolute atomic E-state index is 12.5. The number of hydrogen-bond donors (Lipinski definition) is 0. The van der Waals surface area contributed by atoms with Crippen molar-refractivity contribution >= 4 is 5.91 Å². The van der Waals surface area contributed by atoms with E-state index in [0.29, 0.717) is 12.6 Å². The topological polar surface area (TPSA) is 29.5 Å². The van der Waals surface area contributed by atoms with Crippen LogP contribution in [-0.2, 0) is 0 Å². The predicted molar refractivity (Wildman–Crippen MR) is 85.7 cm³/mol. The number of benzene rings is 1. The van der Waals surface area contributed by atoms with Crippen molar-refractivity contribution in [1.82, 2.24) is 4.90 Å². The van der Waals surface area contributed by atoms with Crippen molar-refractivity contribution in [2.45, 2.75) is 45.1 Å². The van der Waals surface area contributed by atoms with Crippen LogP contribution in [0.2, 0.25) is 0 Å². The van der Waals surface area contributed by atoms with Crippen LogP contribution in [0.3, 0.4) is 0 Å². The smallest absolute Gasteiger partial charge is 0.253 e. The van der Waals surface area contributed by atoms with Gasteiger partial charge in [-0.15, -0.1) is 0 Å². The third kappa shape index (κ3) is 4.35. The first-order valence-corrected chi connectivity index (χ1v) is 7.72. The molecule has 21 heavy (non-hydrogen) atoms. The van der Waals surface area contributed by atoms with Crippen LogP contribution in [0.1, 0.15) is 49.4 Å². The molecule has 1 saturated carbocycles. The molecule has 0 N–H and O–H groups in total. The second-order valence-electron chi connectivity index (χ2n) is 5.98. The molecule has 114 valence electrons. The molecule has 0 aromatic heterocycles. The minimum atomic E-state index is 0.105. The van der Waals surface area contributed by atoms with Gasteiger partial charge in [0.25, 0.3) is 5.91 Å². The fraction of sp³-hybridized carbons (Fsp3) is 0.500. The Balaban J connectivity index is 1.96. The van der Waals surface area contributed by atoms with Gasteiger partial charge in [-0.25, -0.2) is 0 Å². The second kappa shape index (κ2) is 7.30. The van der Waals surface area contributed by atoms with Crippen molar-refractivity contribution in [3.8, 4) is 5.75 Å². The number of amides is 1. The first kappa shape index (κ1) is 15.6. The van der Waals surface area contributed by atoms with Crippen molar-refractivity contribution in [1.29, 1.82) is 0 Å². The molecule has 0 heterocycles. The van der Waals surface area contributed by atoms with Crippen LogP contribution in [0.4, 0.5) is 0 Å². The average Bonchev–Trinajstić information content (AvgIpc) is 2.53. The summed E-state index contributed by atoms with van der Waals surface area (Å²) in [5.74, 6) is 0.878. The average molecular weight is 287 g/mol. The zero-order valence-corrected chi connectivity index (χ0v) is 13.1. The molecule has 0 atom stereocenters. The van der Waals surface area contributed by atoms with Crippen molar-refractivity contribution in [3.05, 3.63) is 42.0 Å². The lowest BCUT2D eigenvalue weighted by molar-refractivity contribution is 0.0696. The highest BCUT2D eigenvalue weighted by molar-refractivity contribution is 5.94. The fourth-order valence-corrected chi connectivity index (χ4v) is 2.74. The zero-order valence-electron chi connectivity index (χ0n) is 13.1. The number of nitrogens with zero attached hydrogens (tertiary/aromatic N) is 1. The van der Waals surface area contributed by atoms with Gasteiger partial charge in [0.2, 0.25) is 0 Å². The molecular formula is C18H25NO2. The molecule has 3 nitrogen and oxygen atoms in total. The molecule has 3 heteroatoms. The maximum atomic E-state index is 12.5. The van der Waals surface area contributed by atoms with E-state index in [4.69, 9.17) is 4.74 Å². The normalized spacial score (nSPS) is 15.5. The minimum Gasteiger partial charge on any atom is -0.489 e. The van der Waals surface area contributed by atoms with E-state index in [2.05, 4.69) is 6.58 Å². The second-order valence-corrected chi connectivity index (χ2v) is 5.98. The molecule has 0 aliphatic heterocycles. The molecule has 1 fully saturated rings. The Hall–Kier alpha value is -1.77. The van der Waals surface area contributed by atoms with E-state index < -0.39 is 0 Å². The highest BCUT2D eigenvalue weighted by atomic mass is 16.5. The SMILES string of the molecule is C=C(C)COc1ccc(C(=O)N(C)C2CCCCC2)cc1. The van der Waals surface area contributed by atoms with Crippen molar-refractivity contribution in [2.75, 3.05) is 13.7 Å². The van der Waals surface area contributed by atoms with Gasteiger partial charge in [0, 0.05) is 18.7 Å². The summed E-state index contributed by atoms with van der Waals surface area (Å²) in [5.41, 5.74) is 1.71. The summed E-state index contributed by atoms with van der Waals surface area (Å²) in [6.07, 6.45) is 6.02. The Bertz CT molecular complexity index is 486. The van der Waals surface area contributed by atoms with E-state index in [0.717, 1.165) is 29.7 Å². The molecule has 2 rings (SSSR count). The Kier molecular flexibility index (Phi) is 5.43. The molecule has 0 saturated heterocycles. The summed E-state index contributed by atoms with van der Waals surface area (Å²) in [6.45, 7) is 6.24. The number of carbonyl (C=O) groups excluding carboxylic acids is 1. The number of rotatable bonds is 5. The van der Waals surface area contributed by atoms with E-state index >= 15 is 0 Å². The molecule has 0 bridgehead atoms. The molecule has 0 unspecified atom stereocenters. The van der Waals surface area contributed by atoms with Gasteiger partial charge in [-0.1, -0.05) is 25.8 Å².